The van der Waals surface area contributed by atoms with E-state index in [2.05, 4.69) is 20.5 Å². The fourth-order valence-electron chi connectivity index (χ4n) is 3.35. The molecule has 0 aliphatic rings. The summed E-state index contributed by atoms with van der Waals surface area (Å²) >= 11 is 0. The highest BCUT2D eigenvalue weighted by atomic mass is 16.3. The Morgan fingerprint density at radius 3 is 2.55 bits per heavy atom. The van der Waals surface area contributed by atoms with Crippen molar-refractivity contribution in [2.45, 2.75) is 12.5 Å². The molecule has 31 heavy (non-hydrogen) atoms. The predicted octanol–water partition coefficient (Wildman–Crippen LogP) is 3.18. The molecule has 4 N–H and O–H groups in total. The Balaban J connectivity index is 1.55. The second kappa shape index (κ2) is 9.23. The number of rotatable bonds is 7. The number of nitrogens with one attached hydrogen (secondary N) is 2. The zero-order chi connectivity index (χ0) is 21.6. The maximum atomic E-state index is 13.0. The largest absolute Gasteiger partial charge is 0.508 e. The van der Waals surface area contributed by atoms with Gasteiger partial charge >= 0.3 is 0 Å². The number of benzene rings is 2. The lowest BCUT2D eigenvalue weighted by Gasteiger charge is -2.17. The van der Waals surface area contributed by atoms with Crippen LogP contribution in [0.25, 0.3) is 22.5 Å². The fraction of sp³-hybridized carbons (Fsp3) is 0.125. The van der Waals surface area contributed by atoms with E-state index < -0.39 is 6.04 Å². The summed E-state index contributed by atoms with van der Waals surface area (Å²) in [6, 6.07) is 20.9. The van der Waals surface area contributed by atoms with Gasteiger partial charge in [-0.2, -0.15) is 5.10 Å². The zero-order valence-corrected chi connectivity index (χ0v) is 16.7. The van der Waals surface area contributed by atoms with E-state index in [4.69, 9.17) is 0 Å². The minimum Gasteiger partial charge on any atom is -0.508 e. The average Bonchev–Trinajstić information content (AvgIpc) is 3.30. The van der Waals surface area contributed by atoms with Crippen LogP contribution >= 0.6 is 0 Å². The van der Waals surface area contributed by atoms with Crippen LogP contribution in [0.4, 0.5) is 0 Å². The van der Waals surface area contributed by atoms with Gasteiger partial charge in [0.1, 0.15) is 5.75 Å². The molecule has 2 aromatic carbocycles. The molecule has 0 bridgehead atoms. The number of nitrogens with zero attached hydrogens (tertiary/aromatic N) is 2. The highest BCUT2D eigenvalue weighted by Crippen LogP contribution is 2.27. The predicted molar refractivity (Wildman–Crippen MR) is 117 cm³/mol. The van der Waals surface area contributed by atoms with Gasteiger partial charge in [-0.15, -0.1) is 0 Å². The van der Waals surface area contributed by atoms with Crippen molar-refractivity contribution in [3.63, 3.8) is 0 Å². The molecule has 156 valence electrons. The number of H-pyrrole nitrogens is 1. The summed E-state index contributed by atoms with van der Waals surface area (Å²) in [5, 5.41) is 29.5. The van der Waals surface area contributed by atoms with E-state index in [-0.39, 0.29) is 18.3 Å². The van der Waals surface area contributed by atoms with Crippen LogP contribution in [0, 0.1) is 0 Å². The number of carbonyl (C=O) groups is 1. The van der Waals surface area contributed by atoms with Gasteiger partial charge in [0, 0.05) is 29.4 Å². The molecular formula is C24H22N4O3. The van der Waals surface area contributed by atoms with Crippen LogP contribution in [0.1, 0.15) is 16.1 Å². The van der Waals surface area contributed by atoms with Gasteiger partial charge in [-0.05, 0) is 54.1 Å². The number of hydrogen-bond acceptors (Lipinski definition) is 5. The quantitative estimate of drug-likeness (QED) is 0.371. The monoisotopic (exact) mass is 414 g/mol. The second-order valence-corrected chi connectivity index (χ2v) is 7.14. The molecule has 0 saturated carbocycles. The van der Waals surface area contributed by atoms with Crippen LogP contribution in [-0.2, 0) is 6.42 Å². The van der Waals surface area contributed by atoms with Crippen LogP contribution in [0.2, 0.25) is 0 Å². The van der Waals surface area contributed by atoms with Gasteiger partial charge in [-0.3, -0.25) is 14.9 Å². The number of aliphatic hydroxyl groups excluding tert-OH is 1. The van der Waals surface area contributed by atoms with Gasteiger partial charge in [0.2, 0.25) is 0 Å². The van der Waals surface area contributed by atoms with Crippen molar-refractivity contribution in [1.82, 2.24) is 20.5 Å². The van der Waals surface area contributed by atoms with Gasteiger partial charge in [0.05, 0.1) is 24.0 Å². The summed E-state index contributed by atoms with van der Waals surface area (Å²) in [6.07, 6.45) is 2.11. The number of carbonyl (C=O) groups excluding carboxylic acids is 1. The molecule has 7 nitrogen and oxygen atoms in total. The van der Waals surface area contributed by atoms with Crippen LogP contribution in [0.5, 0.6) is 5.75 Å². The first-order valence-corrected chi connectivity index (χ1v) is 9.90. The zero-order valence-electron chi connectivity index (χ0n) is 16.7. The van der Waals surface area contributed by atoms with Crippen molar-refractivity contribution in [2.24, 2.45) is 0 Å². The molecule has 0 unspecified atom stereocenters. The van der Waals surface area contributed by atoms with Crippen LogP contribution in [0.3, 0.4) is 0 Å². The van der Waals surface area contributed by atoms with Crippen molar-refractivity contribution in [3.8, 4) is 28.3 Å². The van der Waals surface area contributed by atoms with E-state index >= 15 is 0 Å². The van der Waals surface area contributed by atoms with Crippen molar-refractivity contribution in [1.29, 1.82) is 0 Å². The summed E-state index contributed by atoms with van der Waals surface area (Å²) in [5.74, 6) is -0.102. The first-order valence-electron chi connectivity index (χ1n) is 9.90. The molecule has 2 aromatic heterocycles. The SMILES string of the molecule is O=C(N[C@@H](CO)Cc1ccccn1)c1ccccc1-c1cc(-c2ccc(O)cc2)[nH]n1. The number of amides is 1. The van der Waals surface area contributed by atoms with E-state index in [0.29, 0.717) is 23.2 Å². The third-order valence-electron chi connectivity index (χ3n) is 4.94. The Bertz CT molecular complexity index is 1160. The molecule has 4 aromatic rings. The minimum absolute atomic E-state index is 0.189. The Hall–Kier alpha value is -3.97. The standard InChI is InChI=1S/C24H22N4O3/c29-15-18(13-17-5-3-4-12-25-17)26-24(31)21-7-2-1-6-20(21)23-14-22(27-28-23)16-8-10-19(30)11-9-16/h1-12,14,18,29-30H,13,15H2,(H,26,31)(H,27,28)/t18-/m1/s1. The van der Waals surface area contributed by atoms with Gasteiger partial charge in [0.15, 0.2) is 0 Å². The van der Waals surface area contributed by atoms with Crippen LogP contribution in [0.15, 0.2) is 79.0 Å². The van der Waals surface area contributed by atoms with Crippen molar-refractivity contribution < 1.29 is 15.0 Å². The molecule has 0 aliphatic carbocycles. The van der Waals surface area contributed by atoms with E-state index in [1.165, 1.54) is 0 Å². The van der Waals surface area contributed by atoms with Crippen molar-refractivity contribution in [3.05, 3.63) is 90.3 Å². The summed E-state index contributed by atoms with van der Waals surface area (Å²) in [5.41, 5.74) is 4.20. The maximum absolute atomic E-state index is 13.0. The highest BCUT2D eigenvalue weighted by molar-refractivity contribution is 6.00. The summed E-state index contributed by atoms with van der Waals surface area (Å²) < 4.78 is 0. The number of phenols is 1. The molecule has 0 saturated heterocycles. The molecule has 2 heterocycles. The first-order chi connectivity index (χ1) is 15.1. The molecule has 0 radical (unpaired) electrons. The summed E-state index contributed by atoms with van der Waals surface area (Å²) in [4.78, 5) is 17.3. The van der Waals surface area contributed by atoms with Crippen LogP contribution in [-0.4, -0.2) is 44.0 Å². The van der Waals surface area contributed by atoms with Gasteiger partial charge < -0.3 is 15.5 Å². The Kier molecular flexibility index (Phi) is 6.05. The highest BCUT2D eigenvalue weighted by Gasteiger charge is 2.19. The first kappa shape index (κ1) is 20.3. The third kappa shape index (κ3) is 4.79. The molecule has 0 aliphatic heterocycles. The smallest absolute Gasteiger partial charge is 0.252 e. The summed E-state index contributed by atoms with van der Waals surface area (Å²) in [7, 11) is 0. The number of hydrogen-bond donors (Lipinski definition) is 4. The normalized spacial score (nSPS) is 11.8. The number of aliphatic hydroxyl groups is 1. The molecule has 7 heteroatoms. The number of phenolic OH excluding ortho intramolecular Hbond substituents is 1. The molecule has 4 rings (SSSR count). The molecule has 1 amide bonds. The number of aromatic hydroxyl groups is 1. The number of aromatic amines is 1. The topological polar surface area (TPSA) is 111 Å². The van der Waals surface area contributed by atoms with E-state index in [0.717, 1.165) is 17.0 Å². The maximum Gasteiger partial charge on any atom is 0.252 e. The Labute approximate surface area is 179 Å². The van der Waals surface area contributed by atoms with Gasteiger partial charge in [0.25, 0.3) is 5.91 Å². The average molecular weight is 414 g/mol. The minimum atomic E-state index is -0.456. The van der Waals surface area contributed by atoms with E-state index in [1.54, 1.807) is 42.6 Å². The molecule has 1 atom stereocenters. The lowest BCUT2D eigenvalue weighted by atomic mass is 10.0. The van der Waals surface area contributed by atoms with Crippen molar-refractivity contribution in [2.75, 3.05) is 6.61 Å². The lowest BCUT2D eigenvalue weighted by Crippen LogP contribution is -2.39. The molecular weight excluding hydrogens is 392 g/mol. The third-order valence-corrected chi connectivity index (χ3v) is 4.94. The van der Waals surface area contributed by atoms with Gasteiger partial charge in [-0.25, -0.2) is 0 Å². The molecule has 0 fully saturated rings. The van der Waals surface area contributed by atoms with Crippen molar-refractivity contribution >= 4 is 5.91 Å². The van der Waals surface area contributed by atoms with E-state index in [1.807, 2.05) is 36.4 Å². The second-order valence-electron chi connectivity index (χ2n) is 7.14. The lowest BCUT2D eigenvalue weighted by molar-refractivity contribution is 0.0917. The summed E-state index contributed by atoms with van der Waals surface area (Å²) in [6.45, 7) is -0.197. The van der Waals surface area contributed by atoms with E-state index in [9.17, 15) is 15.0 Å². The molecule has 0 spiro atoms. The Morgan fingerprint density at radius 2 is 1.81 bits per heavy atom. The fourth-order valence-corrected chi connectivity index (χ4v) is 3.35. The Morgan fingerprint density at radius 1 is 1.03 bits per heavy atom. The van der Waals surface area contributed by atoms with Crippen LogP contribution < -0.4 is 5.32 Å². The van der Waals surface area contributed by atoms with Gasteiger partial charge in [-0.1, -0.05) is 24.3 Å². The number of pyridine rings is 1. The number of aromatic nitrogens is 3.